The normalized spacial score (nSPS) is 17.3. The molecule has 0 N–H and O–H groups in total. The minimum atomic E-state index is -0.987. The number of para-hydroxylation sites is 1. The monoisotopic (exact) mass is 578 g/mol. The predicted molar refractivity (Wildman–Crippen MR) is 155 cm³/mol. The van der Waals surface area contributed by atoms with E-state index in [0.717, 1.165) is 22.5 Å². The molecule has 3 aromatic carbocycles. The molecule has 1 aromatic heterocycles. The van der Waals surface area contributed by atoms with Gasteiger partial charge < -0.3 is 19.5 Å². The molecule has 206 valence electrons. The van der Waals surface area contributed by atoms with Crippen LogP contribution in [0, 0.1) is 5.82 Å². The first-order valence-electron chi connectivity index (χ1n) is 13.6. The van der Waals surface area contributed by atoms with Gasteiger partial charge in [0.25, 0.3) is 0 Å². The largest absolute Gasteiger partial charge is 2.00 e. The molecule has 8 heteroatoms. The number of halogens is 1. The second kappa shape index (κ2) is 13.8. The molecule has 0 bridgehead atoms. The molecular weight excluding hydrogens is 547 g/mol. The zero-order valence-electron chi connectivity index (χ0n) is 23.3. The SMILES string of the molecule is CC(C)c1c(C([O-])=Nc2ccccc2)c(-c2ccccc2)c(-c2ccc(F)cc2)n1CC[C@@H]1C[C@@H]([O-])CC(=O)O1.[Ca+2]. The van der Waals surface area contributed by atoms with Gasteiger partial charge in [-0.05, 0) is 65.8 Å². The number of ether oxygens (including phenoxy) is 1. The molecule has 0 amide bonds. The van der Waals surface area contributed by atoms with Gasteiger partial charge in [0.1, 0.15) is 11.9 Å². The number of nitrogens with zero attached hydrogens (tertiary/aromatic N) is 2. The molecule has 4 aromatic rings. The van der Waals surface area contributed by atoms with Crippen molar-refractivity contribution in [2.45, 2.75) is 57.8 Å². The summed E-state index contributed by atoms with van der Waals surface area (Å²) < 4.78 is 21.6. The number of hydrogen-bond donors (Lipinski definition) is 0. The maximum absolute atomic E-state index is 14.0. The van der Waals surface area contributed by atoms with Crippen LogP contribution in [0.2, 0.25) is 0 Å². The number of esters is 1. The van der Waals surface area contributed by atoms with Crippen molar-refractivity contribution in [2.24, 2.45) is 4.99 Å². The van der Waals surface area contributed by atoms with Crippen LogP contribution in [-0.4, -0.2) is 66.4 Å². The van der Waals surface area contributed by atoms with Crippen LogP contribution in [0.4, 0.5) is 10.1 Å². The third-order valence-corrected chi connectivity index (χ3v) is 7.12. The molecule has 0 aliphatic carbocycles. The Morgan fingerprint density at radius 1 is 1.00 bits per heavy atom. The molecule has 2 atom stereocenters. The van der Waals surface area contributed by atoms with E-state index in [9.17, 15) is 19.4 Å². The second-order valence-corrected chi connectivity index (χ2v) is 10.4. The van der Waals surface area contributed by atoms with Crippen molar-refractivity contribution in [3.8, 4) is 22.4 Å². The first kappa shape index (κ1) is 31.0. The van der Waals surface area contributed by atoms with E-state index in [0.29, 0.717) is 29.8 Å². The Balaban J connectivity index is 0.00000387. The van der Waals surface area contributed by atoms with Crippen LogP contribution in [0.5, 0.6) is 0 Å². The van der Waals surface area contributed by atoms with Crippen LogP contribution in [0.15, 0.2) is 89.9 Å². The third kappa shape index (κ3) is 7.09. The summed E-state index contributed by atoms with van der Waals surface area (Å²) >= 11 is 0. The quantitative estimate of drug-likeness (QED) is 0.128. The number of carbonyl (C=O) groups is 1. The van der Waals surface area contributed by atoms with E-state index in [1.54, 1.807) is 24.3 Å². The second-order valence-electron chi connectivity index (χ2n) is 10.4. The van der Waals surface area contributed by atoms with Gasteiger partial charge in [-0.25, -0.2) is 4.39 Å². The molecule has 1 aliphatic heterocycles. The van der Waals surface area contributed by atoms with E-state index in [4.69, 9.17) is 4.74 Å². The van der Waals surface area contributed by atoms with Gasteiger partial charge >= 0.3 is 43.7 Å². The summed E-state index contributed by atoms with van der Waals surface area (Å²) in [7, 11) is 0. The summed E-state index contributed by atoms with van der Waals surface area (Å²) in [6.45, 7) is 4.43. The molecular formula is C33H31CaFN2O4. The molecule has 1 aliphatic rings. The van der Waals surface area contributed by atoms with Gasteiger partial charge in [-0.2, -0.15) is 0 Å². The van der Waals surface area contributed by atoms with Crippen molar-refractivity contribution in [3.63, 3.8) is 0 Å². The van der Waals surface area contributed by atoms with Gasteiger partial charge in [-0.3, -0.25) is 9.79 Å². The molecule has 1 fully saturated rings. The van der Waals surface area contributed by atoms with Crippen LogP contribution in [0.1, 0.15) is 50.3 Å². The first-order chi connectivity index (χ1) is 19.3. The predicted octanol–water partition coefficient (Wildman–Crippen LogP) is 4.97. The fraction of sp³-hybridized carbons (Fsp3) is 0.273. The van der Waals surface area contributed by atoms with E-state index >= 15 is 0 Å². The molecule has 41 heavy (non-hydrogen) atoms. The van der Waals surface area contributed by atoms with Crippen LogP contribution >= 0.6 is 0 Å². The van der Waals surface area contributed by atoms with Gasteiger partial charge in [0, 0.05) is 36.2 Å². The van der Waals surface area contributed by atoms with Gasteiger partial charge in [-0.15, -0.1) is 6.10 Å². The maximum atomic E-state index is 14.0. The Morgan fingerprint density at radius 2 is 1.63 bits per heavy atom. The standard InChI is InChI=1S/C33H32FN2O4.Ca/c1-21(2)31-30(33(39)35-25-11-7-4-8-12-25)29(22-9-5-3-6-10-22)32(23-13-15-24(34)16-14-23)36(31)18-17-27-19-26(37)20-28(38)40-27;/h3-16,21,26-27H,17-20H2,1-2H3,(H,35,39);/q-1;+2/p-1/t26-,27-;/m1./s1. The first-order valence-corrected chi connectivity index (χ1v) is 13.6. The smallest absolute Gasteiger partial charge is 0.858 e. The average Bonchev–Trinajstić information content (AvgIpc) is 3.28. The minimum absolute atomic E-state index is 0. The Labute approximate surface area is 269 Å². The molecule has 1 saturated heterocycles. The average molecular weight is 579 g/mol. The van der Waals surface area contributed by atoms with Crippen molar-refractivity contribution in [3.05, 3.63) is 102 Å². The van der Waals surface area contributed by atoms with E-state index < -0.39 is 18.2 Å². The van der Waals surface area contributed by atoms with Crippen molar-refractivity contribution in [1.82, 2.24) is 4.57 Å². The Morgan fingerprint density at radius 3 is 2.24 bits per heavy atom. The molecule has 6 nitrogen and oxygen atoms in total. The zero-order valence-corrected chi connectivity index (χ0v) is 25.5. The van der Waals surface area contributed by atoms with E-state index in [1.807, 2.05) is 62.4 Å². The van der Waals surface area contributed by atoms with E-state index in [1.165, 1.54) is 12.1 Å². The van der Waals surface area contributed by atoms with E-state index in [-0.39, 0.29) is 68.2 Å². The Hall–Kier alpha value is -2.97. The molecule has 0 unspecified atom stereocenters. The van der Waals surface area contributed by atoms with Gasteiger partial charge in [0.2, 0.25) is 0 Å². The summed E-state index contributed by atoms with van der Waals surface area (Å²) in [6, 6.07) is 24.9. The summed E-state index contributed by atoms with van der Waals surface area (Å²) in [5.74, 6) is -1.30. The van der Waals surface area contributed by atoms with Crippen LogP contribution in [-0.2, 0) is 16.1 Å². The fourth-order valence-electron chi connectivity index (χ4n) is 5.45. The van der Waals surface area contributed by atoms with Gasteiger partial charge in [0.05, 0.1) is 11.4 Å². The fourth-order valence-corrected chi connectivity index (χ4v) is 5.45. The molecule has 0 radical (unpaired) electrons. The molecule has 2 heterocycles. The third-order valence-electron chi connectivity index (χ3n) is 7.12. The van der Waals surface area contributed by atoms with Gasteiger partial charge in [-0.1, -0.05) is 62.4 Å². The Kier molecular flexibility index (Phi) is 10.4. The Bertz CT molecular complexity index is 1500. The van der Waals surface area contributed by atoms with E-state index in [2.05, 4.69) is 9.56 Å². The number of hydrogen-bond acceptors (Lipinski definition) is 5. The molecule has 0 saturated carbocycles. The number of aromatic nitrogens is 1. The summed E-state index contributed by atoms with van der Waals surface area (Å²) in [6.07, 6.45) is -0.962. The number of benzene rings is 3. The van der Waals surface area contributed by atoms with Crippen LogP contribution in [0.3, 0.4) is 0 Å². The summed E-state index contributed by atoms with van der Waals surface area (Å²) in [5, 5.41) is 26.2. The summed E-state index contributed by atoms with van der Waals surface area (Å²) in [5.41, 5.74) is 4.84. The van der Waals surface area contributed by atoms with Crippen LogP contribution < -0.4 is 10.2 Å². The topological polar surface area (TPSA) is 89.7 Å². The van der Waals surface area contributed by atoms with Crippen LogP contribution in [0.25, 0.3) is 22.4 Å². The number of rotatable bonds is 8. The number of carbonyl (C=O) groups excluding carboxylic acids is 1. The number of aliphatic imine (C=N–C) groups is 1. The minimum Gasteiger partial charge on any atom is -0.858 e. The van der Waals surface area contributed by atoms with Crippen molar-refractivity contribution >= 4 is 55.3 Å². The van der Waals surface area contributed by atoms with Gasteiger partial charge in [0.15, 0.2) is 0 Å². The van der Waals surface area contributed by atoms with Crippen molar-refractivity contribution in [2.75, 3.05) is 0 Å². The maximum Gasteiger partial charge on any atom is 2.00 e. The molecule has 5 rings (SSSR count). The van der Waals surface area contributed by atoms with Crippen molar-refractivity contribution < 1.29 is 24.1 Å². The molecule has 0 spiro atoms. The zero-order chi connectivity index (χ0) is 28.2. The van der Waals surface area contributed by atoms with Crippen molar-refractivity contribution in [1.29, 1.82) is 0 Å². The summed E-state index contributed by atoms with van der Waals surface area (Å²) in [4.78, 5) is 16.4. The number of cyclic esters (lactones) is 1.